The summed E-state index contributed by atoms with van der Waals surface area (Å²) in [7, 11) is 0. The standard InChI is InChI=1S/C6H4Cl2.C3H3NO/c7-5-3-1-2-4-6(5)8;1-2-5-3-4-1/h1-4H;1-3H. The summed E-state index contributed by atoms with van der Waals surface area (Å²) in [6, 6.07) is 7.19. The summed E-state index contributed by atoms with van der Waals surface area (Å²) in [4.78, 5) is 3.56. The van der Waals surface area contributed by atoms with Gasteiger partial charge in [0.1, 0.15) is 6.26 Å². The second-order valence-electron chi connectivity index (χ2n) is 2.09. The van der Waals surface area contributed by atoms with E-state index in [1.807, 2.05) is 12.1 Å². The van der Waals surface area contributed by atoms with Gasteiger partial charge in [-0.25, -0.2) is 4.98 Å². The Hall–Kier alpha value is -0.990. The van der Waals surface area contributed by atoms with Crippen molar-refractivity contribution in [2.75, 3.05) is 0 Å². The van der Waals surface area contributed by atoms with Crippen LogP contribution in [0.5, 0.6) is 0 Å². The van der Waals surface area contributed by atoms with E-state index < -0.39 is 0 Å². The summed E-state index contributed by atoms with van der Waals surface area (Å²) in [5.74, 6) is 0. The molecular weight excluding hydrogens is 209 g/mol. The number of halogens is 2. The van der Waals surface area contributed by atoms with Gasteiger partial charge in [-0.05, 0) is 12.1 Å². The fourth-order valence-electron chi connectivity index (χ4n) is 0.615. The average molecular weight is 216 g/mol. The van der Waals surface area contributed by atoms with Crippen LogP contribution in [0.15, 0.2) is 47.5 Å². The third kappa shape index (κ3) is 3.97. The van der Waals surface area contributed by atoms with E-state index in [0.29, 0.717) is 10.0 Å². The molecular formula is C9H7Cl2NO. The summed E-state index contributed by atoms with van der Waals surface area (Å²) >= 11 is 11.2. The van der Waals surface area contributed by atoms with Gasteiger partial charge in [0.25, 0.3) is 0 Å². The lowest BCUT2D eigenvalue weighted by Crippen LogP contribution is -1.62. The van der Waals surface area contributed by atoms with Crippen LogP contribution in [0.2, 0.25) is 10.0 Å². The number of rotatable bonds is 0. The Balaban J connectivity index is 0.000000145. The van der Waals surface area contributed by atoms with Crippen LogP contribution >= 0.6 is 23.2 Å². The Labute approximate surface area is 86.1 Å². The molecule has 2 aromatic rings. The fourth-order valence-corrected chi connectivity index (χ4v) is 0.886. The minimum absolute atomic E-state index is 0.606. The molecule has 0 aliphatic carbocycles. The van der Waals surface area contributed by atoms with Gasteiger partial charge in [0, 0.05) is 0 Å². The van der Waals surface area contributed by atoms with Gasteiger partial charge in [0.05, 0.1) is 16.2 Å². The molecule has 4 heteroatoms. The zero-order valence-corrected chi connectivity index (χ0v) is 8.16. The molecule has 0 aliphatic rings. The lowest BCUT2D eigenvalue weighted by molar-refractivity contribution is 0.558. The van der Waals surface area contributed by atoms with Crippen LogP contribution < -0.4 is 0 Å². The van der Waals surface area contributed by atoms with Crippen LogP contribution in [0, 0.1) is 0 Å². The van der Waals surface area contributed by atoms with E-state index in [0.717, 1.165) is 0 Å². The Morgan fingerprint density at radius 3 is 1.92 bits per heavy atom. The zero-order valence-electron chi connectivity index (χ0n) is 6.65. The van der Waals surface area contributed by atoms with E-state index in [-0.39, 0.29) is 0 Å². The van der Waals surface area contributed by atoms with Crippen LogP contribution in [0.25, 0.3) is 0 Å². The van der Waals surface area contributed by atoms with Crippen molar-refractivity contribution in [2.45, 2.75) is 0 Å². The molecule has 0 atom stereocenters. The molecule has 0 amide bonds. The lowest BCUT2D eigenvalue weighted by Gasteiger charge is -1.88. The lowest BCUT2D eigenvalue weighted by atomic mass is 10.4. The van der Waals surface area contributed by atoms with Crippen LogP contribution in [-0.2, 0) is 0 Å². The van der Waals surface area contributed by atoms with Gasteiger partial charge >= 0.3 is 0 Å². The van der Waals surface area contributed by atoms with Crippen LogP contribution in [-0.4, -0.2) is 4.98 Å². The molecule has 68 valence electrons. The van der Waals surface area contributed by atoms with E-state index in [4.69, 9.17) is 23.2 Å². The van der Waals surface area contributed by atoms with Crippen LogP contribution in [0.3, 0.4) is 0 Å². The van der Waals surface area contributed by atoms with Crippen molar-refractivity contribution < 1.29 is 4.42 Å². The molecule has 1 heterocycles. The summed E-state index contributed by atoms with van der Waals surface area (Å²) in [5.41, 5.74) is 0. The molecule has 2 nitrogen and oxygen atoms in total. The number of benzene rings is 1. The maximum Gasteiger partial charge on any atom is 0.180 e. The molecule has 0 saturated heterocycles. The van der Waals surface area contributed by atoms with Crippen molar-refractivity contribution in [3.05, 3.63) is 53.2 Å². The number of hydrogen-bond donors (Lipinski definition) is 0. The molecule has 0 saturated carbocycles. The Kier molecular flexibility index (Phi) is 4.36. The van der Waals surface area contributed by atoms with Crippen molar-refractivity contribution in [1.29, 1.82) is 0 Å². The maximum atomic E-state index is 5.58. The third-order valence-corrected chi connectivity index (χ3v) is 1.93. The highest BCUT2D eigenvalue weighted by molar-refractivity contribution is 6.41. The normalized spacial score (nSPS) is 8.77. The largest absolute Gasteiger partial charge is 0.452 e. The first kappa shape index (κ1) is 10.1. The number of hydrogen-bond acceptors (Lipinski definition) is 2. The molecule has 13 heavy (non-hydrogen) atoms. The van der Waals surface area contributed by atoms with Crippen molar-refractivity contribution >= 4 is 23.2 Å². The van der Waals surface area contributed by atoms with Crippen LogP contribution in [0.4, 0.5) is 0 Å². The highest BCUT2D eigenvalue weighted by Crippen LogP contribution is 2.19. The van der Waals surface area contributed by atoms with Gasteiger partial charge in [0.15, 0.2) is 6.39 Å². The first-order valence-electron chi connectivity index (χ1n) is 3.53. The number of oxazole rings is 1. The van der Waals surface area contributed by atoms with Crippen molar-refractivity contribution in [2.24, 2.45) is 0 Å². The van der Waals surface area contributed by atoms with E-state index in [1.54, 1.807) is 18.3 Å². The molecule has 0 N–H and O–H groups in total. The molecule has 1 aromatic heterocycles. The van der Waals surface area contributed by atoms with Crippen LogP contribution in [0.1, 0.15) is 0 Å². The molecule has 0 unspecified atom stereocenters. The van der Waals surface area contributed by atoms with Gasteiger partial charge in [-0.15, -0.1) is 0 Å². The minimum Gasteiger partial charge on any atom is -0.452 e. The Bertz CT molecular complexity index is 297. The van der Waals surface area contributed by atoms with Gasteiger partial charge in [0.2, 0.25) is 0 Å². The summed E-state index contributed by atoms with van der Waals surface area (Å²) < 4.78 is 4.47. The van der Waals surface area contributed by atoms with Gasteiger partial charge in [-0.1, -0.05) is 35.3 Å². The maximum absolute atomic E-state index is 5.58. The first-order chi connectivity index (χ1) is 6.30. The minimum atomic E-state index is 0.606. The Morgan fingerprint density at radius 2 is 1.69 bits per heavy atom. The summed E-state index contributed by atoms with van der Waals surface area (Å²) in [6.45, 7) is 0. The number of nitrogens with zero attached hydrogens (tertiary/aromatic N) is 1. The van der Waals surface area contributed by atoms with E-state index in [2.05, 4.69) is 9.40 Å². The molecule has 0 bridgehead atoms. The molecule has 0 aliphatic heterocycles. The highest BCUT2D eigenvalue weighted by Gasteiger charge is 1.89. The molecule has 0 fully saturated rings. The monoisotopic (exact) mass is 215 g/mol. The second kappa shape index (κ2) is 5.62. The SMILES string of the molecule is Clc1ccccc1Cl.c1cocn1. The van der Waals surface area contributed by atoms with E-state index >= 15 is 0 Å². The number of aromatic nitrogens is 1. The predicted molar refractivity (Wildman–Crippen MR) is 53.0 cm³/mol. The van der Waals surface area contributed by atoms with E-state index in [1.165, 1.54) is 12.7 Å². The fraction of sp³-hybridized carbons (Fsp3) is 0. The third-order valence-electron chi connectivity index (χ3n) is 1.17. The predicted octanol–water partition coefficient (Wildman–Crippen LogP) is 3.67. The topological polar surface area (TPSA) is 26.0 Å². The van der Waals surface area contributed by atoms with Gasteiger partial charge in [-0.3, -0.25) is 0 Å². The zero-order chi connectivity index (χ0) is 9.52. The van der Waals surface area contributed by atoms with Gasteiger partial charge in [-0.2, -0.15) is 0 Å². The van der Waals surface area contributed by atoms with Crippen molar-refractivity contribution in [3.63, 3.8) is 0 Å². The second-order valence-corrected chi connectivity index (χ2v) is 2.90. The summed E-state index contributed by atoms with van der Waals surface area (Å²) in [5, 5.41) is 1.21. The summed E-state index contributed by atoms with van der Waals surface area (Å²) in [6.07, 6.45) is 4.47. The molecule has 0 radical (unpaired) electrons. The van der Waals surface area contributed by atoms with Crippen molar-refractivity contribution in [3.8, 4) is 0 Å². The quantitative estimate of drug-likeness (QED) is 0.671. The van der Waals surface area contributed by atoms with Crippen molar-refractivity contribution in [1.82, 2.24) is 4.98 Å². The molecule has 0 spiro atoms. The van der Waals surface area contributed by atoms with E-state index in [9.17, 15) is 0 Å². The Morgan fingerprint density at radius 1 is 1.08 bits per heavy atom. The molecule has 1 aromatic carbocycles. The highest BCUT2D eigenvalue weighted by atomic mass is 35.5. The first-order valence-corrected chi connectivity index (χ1v) is 4.28. The smallest absolute Gasteiger partial charge is 0.180 e. The average Bonchev–Trinajstić information content (AvgIpc) is 2.68. The van der Waals surface area contributed by atoms with Gasteiger partial charge < -0.3 is 4.42 Å². The molecule has 2 rings (SSSR count).